The fraction of sp³-hybridized carbons (Fsp3) is 1.00. The number of hydrogen-bond acceptors (Lipinski definition) is 2. The van der Waals surface area contributed by atoms with Gasteiger partial charge in [0.25, 0.3) is 0 Å². The van der Waals surface area contributed by atoms with E-state index in [1.165, 1.54) is 25.7 Å². The predicted molar refractivity (Wildman–Crippen MR) is 60.5 cm³/mol. The smallest absolute Gasteiger partial charge is 0.0600 e. The summed E-state index contributed by atoms with van der Waals surface area (Å²) in [5.41, 5.74) is 0. The number of hydrogen-bond donors (Lipinski definition) is 1. The average molecular weight is 199 g/mol. The van der Waals surface area contributed by atoms with Gasteiger partial charge in [-0.3, -0.25) is 0 Å². The summed E-state index contributed by atoms with van der Waals surface area (Å²) >= 11 is 0. The normalized spacial score (nSPS) is 27.9. The van der Waals surface area contributed by atoms with Crippen molar-refractivity contribution < 1.29 is 4.74 Å². The van der Waals surface area contributed by atoms with Crippen LogP contribution in [0.5, 0.6) is 0 Å². The molecule has 0 amide bonds. The third kappa shape index (κ3) is 4.43. The van der Waals surface area contributed by atoms with E-state index in [2.05, 4.69) is 19.2 Å². The van der Waals surface area contributed by atoms with Crippen LogP contribution in [0.25, 0.3) is 0 Å². The molecule has 1 rings (SSSR count). The highest BCUT2D eigenvalue weighted by atomic mass is 16.5. The second-order valence-corrected chi connectivity index (χ2v) is 4.38. The predicted octanol–water partition coefficient (Wildman–Crippen LogP) is 2.58. The lowest BCUT2D eigenvalue weighted by Crippen LogP contribution is -2.26. The van der Waals surface area contributed by atoms with E-state index in [1.807, 2.05) is 0 Å². The lowest BCUT2D eigenvalue weighted by molar-refractivity contribution is -0.00569. The molecule has 0 heterocycles. The van der Waals surface area contributed by atoms with Crippen molar-refractivity contribution in [1.82, 2.24) is 5.32 Å². The van der Waals surface area contributed by atoms with Crippen molar-refractivity contribution in [1.29, 1.82) is 0 Å². The van der Waals surface area contributed by atoms with Crippen LogP contribution in [0.4, 0.5) is 0 Å². The minimum atomic E-state index is 0.547. The van der Waals surface area contributed by atoms with E-state index in [-0.39, 0.29) is 0 Å². The zero-order valence-electron chi connectivity index (χ0n) is 9.72. The second-order valence-electron chi connectivity index (χ2n) is 4.38. The first kappa shape index (κ1) is 12.0. The molecule has 84 valence electrons. The summed E-state index contributed by atoms with van der Waals surface area (Å²) in [6.07, 6.45) is 7.10. The summed E-state index contributed by atoms with van der Waals surface area (Å²) in [6.45, 7) is 7.57. The maximum Gasteiger partial charge on any atom is 0.0600 e. The van der Waals surface area contributed by atoms with E-state index in [9.17, 15) is 0 Å². The maximum atomic E-state index is 5.90. The Bertz CT molecular complexity index is 138. The molecule has 1 aliphatic rings. The third-order valence-corrected chi connectivity index (χ3v) is 3.11. The Morgan fingerprint density at radius 2 is 2.07 bits per heavy atom. The first-order valence-electron chi connectivity index (χ1n) is 6.17. The molecule has 1 fully saturated rings. The molecule has 14 heavy (non-hydrogen) atoms. The van der Waals surface area contributed by atoms with Gasteiger partial charge in [-0.15, -0.1) is 0 Å². The maximum absolute atomic E-state index is 5.90. The largest absolute Gasteiger partial charge is 0.378 e. The molecule has 0 aromatic rings. The first-order chi connectivity index (χ1) is 6.84. The quantitative estimate of drug-likeness (QED) is 0.664. The van der Waals surface area contributed by atoms with E-state index >= 15 is 0 Å². The fourth-order valence-corrected chi connectivity index (χ4v) is 2.14. The van der Waals surface area contributed by atoms with Crippen molar-refractivity contribution in [2.45, 2.75) is 52.1 Å². The molecular formula is C12H25NO. The summed E-state index contributed by atoms with van der Waals surface area (Å²) in [6, 6.07) is 0. The van der Waals surface area contributed by atoms with Gasteiger partial charge in [-0.25, -0.2) is 0 Å². The molecule has 1 saturated carbocycles. The van der Waals surface area contributed by atoms with Gasteiger partial charge in [0, 0.05) is 6.61 Å². The first-order valence-corrected chi connectivity index (χ1v) is 6.17. The van der Waals surface area contributed by atoms with Crippen molar-refractivity contribution >= 4 is 0 Å². The highest BCUT2D eigenvalue weighted by Gasteiger charge is 2.21. The molecule has 0 saturated heterocycles. The minimum absolute atomic E-state index is 0.547. The van der Waals surface area contributed by atoms with Crippen LogP contribution in [0.1, 0.15) is 46.0 Å². The summed E-state index contributed by atoms with van der Waals surface area (Å²) in [4.78, 5) is 0. The lowest BCUT2D eigenvalue weighted by Gasteiger charge is -2.28. The zero-order chi connectivity index (χ0) is 10.2. The Morgan fingerprint density at radius 1 is 1.29 bits per heavy atom. The average Bonchev–Trinajstić information content (AvgIpc) is 2.20. The minimum Gasteiger partial charge on any atom is -0.378 e. The molecule has 1 N–H and O–H groups in total. The van der Waals surface area contributed by atoms with Crippen molar-refractivity contribution in [3.63, 3.8) is 0 Å². The summed E-state index contributed by atoms with van der Waals surface area (Å²) < 4.78 is 5.90. The summed E-state index contributed by atoms with van der Waals surface area (Å²) in [5.74, 6) is 0.780. The molecule has 1 aliphatic carbocycles. The molecule has 2 nitrogen and oxygen atoms in total. The molecule has 2 unspecified atom stereocenters. The third-order valence-electron chi connectivity index (χ3n) is 3.11. The van der Waals surface area contributed by atoms with Crippen LogP contribution in [0.2, 0.25) is 0 Å². The Labute approximate surface area is 88.4 Å². The van der Waals surface area contributed by atoms with Gasteiger partial charge in [-0.05, 0) is 38.3 Å². The summed E-state index contributed by atoms with van der Waals surface area (Å²) in [7, 11) is 0. The van der Waals surface area contributed by atoms with Crippen LogP contribution in [-0.2, 0) is 4.74 Å². The molecule has 0 radical (unpaired) electrons. The Balaban J connectivity index is 1.99. The SMILES string of the molecule is CCNCCCOC1CCCCC1C. The second kappa shape index (κ2) is 7.24. The van der Waals surface area contributed by atoms with Crippen LogP contribution in [-0.4, -0.2) is 25.8 Å². The van der Waals surface area contributed by atoms with Crippen molar-refractivity contribution in [2.75, 3.05) is 19.7 Å². The van der Waals surface area contributed by atoms with Gasteiger partial charge in [0.05, 0.1) is 6.10 Å². The molecule has 0 bridgehead atoms. The van der Waals surface area contributed by atoms with Gasteiger partial charge in [0.1, 0.15) is 0 Å². The van der Waals surface area contributed by atoms with Gasteiger partial charge < -0.3 is 10.1 Å². The van der Waals surface area contributed by atoms with Gasteiger partial charge >= 0.3 is 0 Å². The molecule has 2 atom stereocenters. The Kier molecular flexibility index (Phi) is 6.20. The molecule has 0 aromatic carbocycles. The molecule has 0 aromatic heterocycles. The molecule has 0 aliphatic heterocycles. The fourth-order valence-electron chi connectivity index (χ4n) is 2.14. The molecule has 2 heteroatoms. The van der Waals surface area contributed by atoms with Crippen molar-refractivity contribution in [3.05, 3.63) is 0 Å². The van der Waals surface area contributed by atoms with Gasteiger partial charge in [-0.2, -0.15) is 0 Å². The van der Waals surface area contributed by atoms with E-state index < -0.39 is 0 Å². The standard InChI is InChI=1S/C12H25NO/c1-3-13-9-6-10-14-12-8-5-4-7-11(12)2/h11-13H,3-10H2,1-2H3. The number of nitrogens with one attached hydrogen (secondary N) is 1. The molecule has 0 spiro atoms. The van der Waals surface area contributed by atoms with Gasteiger partial charge in [-0.1, -0.05) is 26.7 Å². The highest BCUT2D eigenvalue weighted by molar-refractivity contribution is 4.72. The topological polar surface area (TPSA) is 21.3 Å². The highest BCUT2D eigenvalue weighted by Crippen LogP contribution is 2.26. The van der Waals surface area contributed by atoms with Crippen molar-refractivity contribution in [3.8, 4) is 0 Å². The zero-order valence-corrected chi connectivity index (χ0v) is 9.72. The Morgan fingerprint density at radius 3 is 2.79 bits per heavy atom. The van der Waals surface area contributed by atoms with Gasteiger partial charge in [0.2, 0.25) is 0 Å². The van der Waals surface area contributed by atoms with Crippen LogP contribution < -0.4 is 5.32 Å². The molecular weight excluding hydrogens is 174 g/mol. The lowest BCUT2D eigenvalue weighted by atomic mass is 9.88. The Hall–Kier alpha value is -0.0800. The van der Waals surface area contributed by atoms with Crippen LogP contribution >= 0.6 is 0 Å². The van der Waals surface area contributed by atoms with E-state index in [1.54, 1.807) is 0 Å². The summed E-state index contributed by atoms with van der Waals surface area (Å²) in [5, 5.41) is 3.32. The van der Waals surface area contributed by atoms with Crippen LogP contribution in [0.15, 0.2) is 0 Å². The van der Waals surface area contributed by atoms with Crippen LogP contribution in [0, 0.1) is 5.92 Å². The monoisotopic (exact) mass is 199 g/mol. The van der Waals surface area contributed by atoms with E-state index in [0.717, 1.165) is 32.0 Å². The van der Waals surface area contributed by atoms with Crippen LogP contribution in [0.3, 0.4) is 0 Å². The van der Waals surface area contributed by atoms with E-state index in [4.69, 9.17) is 4.74 Å². The van der Waals surface area contributed by atoms with Crippen molar-refractivity contribution in [2.24, 2.45) is 5.92 Å². The number of rotatable bonds is 6. The number of ether oxygens (including phenoxy) is 1. The van der Waals surface area contributed by atoms with Gasteiger partial charge in [0.15, 0.2) is 0 Å². The van der Waals surface area contributed by atoms with E-state index in [0.29, 0.717) is 6.10 Å².